The molecular formula is C31H46BN3O4. The van der Waals surface area contributed by atoms with E-state index in [0.29, 0.717) is 18.0 Å². The van der Waals surface area contributed by atoms with E-state index in [4.69, 9.17) is 14.0 Å². The first-order valence-electron chi connectivity index (χ1n) is 15.5. The zero-order valence-electron chi connectivity index (χ0n) is 24.6. The van der Waals surface area contributed by atoms with Gasteiger partial charge in [0, 0.05) is 24.3 Å². The number of hydrogen-bond acceptors (Lipinski definition) is 6. The van der Waals surface area contributed by atoms with E-state index < -0.39 is 23.7 Å². The molecule has 1 amide bonds. The lowest BCUT2D eigenvalue weighted by atomic mass is 9.71. The normalized spacial score (nSPS) is 34.3. The number of amides is 1. The number of piperidine rings is 2. The molecule has 1 atom stereocenters. The molecule has 0 radical (unpaired) electrons. The van der Waals surface area contributed by atoms with E-state index in [1.165, 1.54) is 31.5 Å². The van der Waals surface area contributed by atoms with Gasteiger partial charge in [-0.1, -0.05) is 19.1 Å². The van der Waals surface area contributed by atoms with Crippen LogP contribution >= 0.6 is 0 Å². The highest BCUT2D eigenvalue weighted by molar-refractivity contribution is 6.62. The molecule has 0 bridgehead atoms. The number of anilines is 1. The Morgan fingerprint density at radius 3 is 2.21 bits per heavy atom. The number of ether oxygens (including phenoxy) is 1. The second-order valence-electron chi connectivity index (χ2n) is 14.4. The Bertz CT molecular complexity index is 1110. The average molecular weight is 536 g/mol. The third-order valence-corrected chi connectivity index (χ3v) is 11.4. The molecule has 8 heteroatoms. The largest absolute Gasteiger partial charge is 0.494 e. The lowest BCUT2D eigenvalue weighted by Crippen LogP contribution is -2.60. The Kier molecular flexibility index (Phi) is 6.30. The molecule has 1 aromatic rings. The van der Waals surface area contributed by atoms with Gasteiger partial charge in [0.2, 0.25) is 5.91 Å². The molecule has 39 heavy (non-hydrogen) atoms. The topological polar surface area (TPSA) is 54.5 Å². The van der Waals surface area contributed by atoms with Crippen molar-refractivity contribution in [3.8, 4) is 0 Å². The van der Waals surface area contributed by atoms with Crippen molar-refractivity contribution in [1.82, 2.24) is 9.80 Å². The van der Waals surface area contributed by atoms with Crippen molar-refractivity contribution in [1.29, 1.82) is 0 Å². The smallest absolute Gasteiger partial charge is 0.399 e. The second kappa shape index (κ2) is 9.28. The number of rotatable bonds is 4. The summed E-state index contributed by atoms with van der Waals surface area (Å²) in [6.45, 7) is 16.8. The lowest BCUT2D eigenvalue weighted by Gasteiger charge is -2.49. The van der Waals surface area contributed by atoms with Crippen molar-refractivity contribution >= 4 is 24.2 Å². The van der Waals surface area contributed by atoms with E-state index in [2.05, 4.69) is 67.5 Å². The number of hydrogen-bond donors (Lipinski definition) is 0. The van der Waals surface area contributed by atoms with E-state index in [1.807, 2.05) is 0 Å². The molecule has 4 saturated heterocycles. The van der Waals surface area contributed by atoms with Crippen molar-refractivity contribution in [3.05, 3.63) is 23.8 Å². The third-order valence-electron chi connectivity index (χ3n) is 11.4. The Balaban J connectivity index is 1.17. The summed E-state index contributed by atoms with van der Waals surface area (Å²) in [5.74, 6) is 1.12. The Hall–Kier alpha value is -1.45. The summed E-state index contributed by atoms with van der Waals surface area (Å²) in [4.78, 5) is 22.0. The van der Waals surface area contributed by atoms with Gasteiger partial charge >= 0.3 is 7.12 Å². The van der Waals surface area contributed by atoms with Gasteiger partial charge in [0.15, 0.2) is 0 Å². The number of nitrogens with zero attached hydrogens (tertiary/aromatic N) is 3. The Morgan fingerprint density at radius 1 is 0.897 bits per heavy atom. The van der Waals surface area contributed by atoms with Gasteiger partial charge in [-0.15, -0.1) is 0 Å². The molecule has 7 rings (SSSR count). The van der Waals surface area contributed by atoms with Crippen molar-refractivity contribution in [2.45, 2.75) is 108 Å². The minimum Gasteiger partial charge on any atom is -0.399 e. The van der Waals surface area contributed by atoms with Crippen molar-refractivity contribution in [2.75, 3.05) is 44.3 Å². The van der Waals surface area contributed by atoms with E-state index in [0.717, 1.165) is 69.1 Å². The zero-order valence-corrected chi connectivity index (χ0v) is 24.6. The van der Waals surface area contributed by atoms with Crippen LogP contribution < -0.4 is 10.4 Å². The quantitative estimate of drug-likeness (QED) is 0.552. The standard InChI is InChI=1S/C31H46BN3O4/c1-21-7-6-12-34(18-21)23-16-24(17-23)35-27-15-22(32-38-29(2,3)30(4,5)39-32)8-9-26(27)31(28(35)36)10-13-33(14-11-31)25-19-37-20-25/h8-9,15,21,23-25H,6-7,10-14,16-20H2,1-5H3/t21-,23?,24?/m1/s1. The van der Waals surface area contributed by atoms with Crippen LogP contribution in [0.4, 0.5) is 5.69 Å². The summed E-state index contributed by atoms with van der Waals surface area (Å²) in [5, 5.41) is 0. The Morgan fingerprint density at radius 2 is 1.59 bits per heavy atom. The van der Waals surface area contributed by atoms with Crippen molar-refractivity contribution < 1.29 is 18.8 Å². The van der Waals surface area contributed by atoms with Crippen molar-refractivity contribution in [2.24, 2.45) is 5.92 Å². The Labute approximate surface area is 234 Å². The highest BCUT2D eigenvalue weighted by Crippen LogP contribution is 2.51. The monoisotopic (exact) mass is 535 g/mol. The van der Waals surface area contributed by atoms with Gasteiger partial charge in [0.25, 0.3) is 0 Å². The SMILES string of the molecule is C[C@@H]1CCCN(C2CC(N3C(=O)C4(CCN(C5COC5)CC4)c4ccc(B5OC(C)(C)C(C)(C)O5)cc43)C2)C1. The highest BCUT2D eigenvalue weighted by atomic mass is 16.7. The predicted octanol–water partition coefficient (Wildman–Crippen LogP) is 3.33. The highest BCUT2D eigenvalue weighted by Gasteiger charge is 2.57. The summed E-state index contributed by atoms with van der Waals surface area (Å²) in [6, 6.07) is 8.04. The molecule has 1 saturated carbocycles. The van der Waals surface area contributed by atoms with Crippen LogP contribution in [0.25, 0.3) is 0 Å². The second-order valence-corrected chi connectivity index (χ2v) is 14.4. The maximum atomic E-state index is 14.5. The molecule has 5 fully saturated rings. The van der Waals surface area contributed by atoms with E-state index >= 15 is 0 Å². The average Bonchev–Trinajstić information content (AvgIpc) is 3.19. The molecule has 0 N–H and O–H groups in total. The van der Waals surface area contributed by atoms with Gasteiger partial charge in [-0.05, 0) is 109 Å². The number of carbonyl (C=O) groups is 1. The molecule has 0 aromatic heterocycles. The molecule has 0 unspecified atom stereocenters. The van der Waals surface area contributed by atoms with Crippen LogP contribution in [0, 0.1) is 5.92 Å². The summed E-state index contributed by atoms with van der Waals surface area (Å²) < 4.78 is 18.3. The molecule has 6 aliphatic rings. The molecule has 5 aliphatic heterocycles. The fraction of sp³-hybridized carbons (Fsp3) is 0.774. The summed E-state index contributed by atoms with van der Waals surface area (Å²) in [6.07, 6.45) is 6.60. The first kappa shape index (κ1) is 26.5. The summed E-state index contributed by atoms with van der Waals surface area (Å²) in [5.41, 5.74) is 2.18. The van der Waals surface area contributed by atoms with Crippen LogP contribution in [0.2, 0.25) is 0 Å². The van der Waals surface area contributed by atoms with Crippen LogP contribution in [-0.2, 0) is 24.3 Å². The molecule has 1 spiro atoms. The molecule has 1 aromatic carbocycles. The summed E-state index contributed by atoms with van der Waals surface area (Å²) in [7, 11) is -0.418. The minimum atomic E-state index is -0.418. The fourth-order valence-electron chi connectivity index (χ4n) is 7.91. The van der Waals surface area contributed by atoms with Gasteiger partial charge < -0.3 is 18.9 Å². The fourth-order valence-corrected chi connectivity index (χ4v) is 7.91. The van der Waals surface area contributed by atoms with Gasteiger partial charge in [0.05, 0.1) is 35.9 Å². The predicted molar refractivity (Wildman–Crippen MR) is 154 cm³/mol. The van der Waals surface area contributed by atoms with Crippen LogP contribution in [0.5, 0.6) is 0 Å². The molecule has 5 heterocycles. The van der Waals surface area contributed by atoms with Crippen LogP contribution in [0.1, 0.15) is 78.7 Å². The first-order chi connectivity index (χ1) is 18.6. The molecule has 1 aliphatic carbocycles. The third kappa shape index (κ3) is 4.15. The van der Waals surface area contributed by atoms with Crippen LogP contribution in [0.15, 0.2) is 18.2 Å². The van der Waals surface area contributed by atoms with Crippen molar-refractivity contribution in [3.63, 3.8) is 0 Å². The van der Waals surface area contributed by atoms with Gasteiger partial charge in [0.1, 0.15) is 0 Å². The number of benzene rings is 1. The van der Waals surface area contributed by atoms with Gasteiger partial charge in [-0.2, -0.15) is 0 Å². The lowest BCUT2D eigenvalue weighted by molar-refractivity contribution is -0.128. The van der Waals surface area contributed by atoms with Gasteiger partial charge in [-0.3, -0.25) is 14.6 Å². The van der Waals surface area contributed by atoms with E-state index in [-0.39, 0.29) is 6.04 Å². The number of likely N-dealkylation sites (tertiary alicyclic amines) is 2. The number of fused-ring (bicyclic) bond motifs is 2. The first-order valence-corrected chi connectivity index (χ1v) is 15.5. The van der Waals surface area contributed by atoms with E-state index in [1.54, 1.807) is 0 Å². The maximum Gasteiger partial charge on any atom is 0.494 e. The van der Waals surface area contributed by atoms with Crippen LogP contribution in [0.3, 0.4) is 0 Å². The zero-order chi connectivity index (χ0) is 27.2. The molecule has 7 nitrogen and oxygen atoms in total. The van der Waals surface area contributed by atoms with Crippen LogP contribution in [-0.4, -0.2) is 91.5 Å². The maximum absolute atomic E-state index is 14.5. The minimum absolute atomic E-state index is 0.282. The van der Waals surface area contributed by atoms with E-state index in [9.17, 15) is 4.79 Å². The van der Waals surface area contributed by atoms with Gasteiger partial charge in [-0.25, -0.2) is 0 Å². The molecular weight excluding hydrogens is 489 g/mol. The summed E-state index contributed by atoms with van der Waals surface area (Å²) >= 11 is 0. The molecule has 212 valence electrons. The number of carbonyl (C=O) groups excluding carboxylic acids is 1.